The molecule has 1 aromatic carbocycles. The number of nitrogens with zero attached hydrogens (tertiary/aromatic N) is 3. The molecule has 1 aliphatic rings. The molecule has 0 bridgehead atoms. The number of para-hydroxylation sites is 2. The molecule has 0 atom stereocenters. The summed E-state index contributed by atoms with van der Waals surface area (Å²) >= 11 is 6.28. The zero-order chi connectivity index (χ0) is 14.8. The summed E-state index contributed by atoms with van der Waals surface area (Å²) in [6.45, 7) is 5.57. The van der Waals surface area contributed by atoms with Gasteiger partial charge in [-0.3, -0.25) is 0 Å². The molecule has 0 saturated heterocycles. The van der Waals surface area contributed by atoms with Crippen molar-refractivity contribution in [3.8, 4) is 5.75 Å². The van der Waals surface area contributed by atoms with Gasteiger partial charge in [-0.2, -0.15) is 0 Å². The van der Waals surface area contributed by atoms with E-state index in [1.165, 1.54) is 0 Å². The molecular formula is C16H18ClN3O. The number of hydrogen-bond acceptors (Lipinski definition) is 4. The fourth-order valence-electron chi connectivity index (χ4n) is 2.49. The number of ether oxygens (including phenoxy) is 1. The maximum atomic E-state index is 6.28. The normalized spacial score (nSPS) is 14.3. The second kappa shape index (κ2) is 5.90. The Balaban J connectivity index is 2.14. The van der Waals surface area contributed by atoms with Crippen LogP contribution in [0.5, 0.6) is 5.75 Å². The van der Waals surface area contributed by atoms with Gasteiger partial charge in [-0.05, 0) is 25.5 Å². The third-order valence-electron chi connectivity index (χ3n) is 3.62. The van der Waals surface area contributed by atoms with Crippen LogP contribution in [0.3, 0.4) is 0 Å². The highest BCUT2D eigenvalue weighted by Gasteiger charge is 2.22. The molecule has 0 saturated carbocycles. The molecule has 21 heavy (non-hydrogen) atoms. The van der Waals surface area contributed by atoms with Crippen LogP contribution in [-0.4, -0.2) is 23.1 Å². The highest BCUT2D eigenvalue weighted by molar-refractivity contribution is 6.30. The van der Waals surface area contributed by atoms with Gasteiger partial charge < -0.3 is 9.64 Å². The molecule has 110 valence electrons. The third kappa shape index (κ3) is 2.68. The fourth-order valence-corrected chi connectivity index (χ4v) is 2.67. The van der Waals surface area contributed by atoms with E-state index < -0.39 is 0 Å². The Bertz CT molecular complexity index is 660. The second-order valence-corrected chi connectivity index (χ2v) is 5.41. The van der Waals surface area contributed by atoms with Gasteiger partial charge >= 0.3 is 0 Å². The van der Waals surface area contributed by atoms with Crippen LogP contribution in [-0.2, 0) is 6.42 Å². The SMILES string of the molecule is CCc1nc(Cl)c(C)c(N2CCCOc3ccccc32)n1. The van der Waals surface area contributed by atoms with E-state index in [9.17, 15) is 0 Å². The number of benzene rings is 1. The number of rotatable bonds is 2. The predicted molar refractivity (Wildman–Crippen MR) is 84.7 cm³/mol. The summed E-state index contributed by atoms with van der Waals surface area (Å²) in [4.78, 5) is 11.2. The largest absolute Gasteiger partial charge is 0.491 e. The zero-order valence-electron chi connectivity index (χ0n) is 12.3. The summed E-state index contributed by atoms with van der Waals surface area (Å²) in [5.74, 6) is 2.54. The lowest BCUT2D eigenvalue weighted by molar-refractivity contribution is 0.322. The van der Waals surface area contributed by atoms with Crippen LogP contribution >= 0.6 is 11.6 Å². The summed E-state index contributed by atoms with van der Waals surface area (Å²) in [5, 5.41) is 0.527. The van der Waals surface area contributed by atoms with Crippen LogP contribution in [0.2, 0.25) is 5.15 Å². The Morgan fingerprint density at radius 1 is 1.29 bits per heavy atom. The number of anilines is 2. The first kappa shape index (κ1) is 14.1. The van der Waals surface area contributed by atoms with Crippen molar-refractivity contribution in [1.29, 1.82) is 0 Å². The summed E-state index contributed by atoms with van der Waals surface area (Å²) in [6.07, 6.45) is 1.70. The van der Waals surface area contributed by atoms with Crippen LogP contribution < -0.4 is 9.64 Å². The molecule has 1 aromatic heterocycles. The first-order valence-corrected chi connectivity index (χ1v) is 7.61. The highest BCUT2D eigenvalue weighted by Crippen LogP contribution is 2.37. The van der Waals surface area contributed by atoms with Crippen LogP contribution in [0.4, 0.5) is 11.5 Å². The van der Waals surface area contributed by atoms with Gasteiger partial charge in [0.1, 0.15) is 22.5 Å². The lowest BCUT2D eigenvalue weighted by Gasteiger charge is -2.25. The Morgan fingerprint density at radius 2 is 2.10 bits per heavy atom. The van der Waals surface area contributed by atoms with Gasteiger partial charge in [-0.25, -0.2) is 9.97 Å². The standard InChI is InChI=1S/C16H18ClN3O/c1-3-14-18-15(17)11(2)16(19-14)20-9-6-10-21-13-8-5-4-7-12(13)20/h4-5,7-8H,3,6,9-10H2,1-2H3. The molecule has 1 aliphatic heterocycles. The van der Waals surface area contributed by atoms with Gasteiger partial charge in [-0.15, -0.1) is 0 Å². The minimum atomic E-state index is 0.527. The Morgan fingerprint density at radius 3 is 2.90 bits per heavy atom. The summed E-state index contributed by atoms with van der Waals surface area (Å²) in [6, 6.07) is 8.05. The van der Waals surface area contributed by atoms with E-state index >= 15 is 0 Å². The summed E-state index contributed by atoms with van der Waals surface area (Å²) in [7, 11) is 0. The fraction of sp³-hybridized carbons (Fsp3) is 0.375. The molecule has 0 spiro atoms. The monoisotopic (exact) mass is 303 g/mol. The molecule has 0 amide bonds. The maximum Gasteiger partial charge on any atom is 0.142 e. The third-order valence-corrected chi connectivity index (χ3v) is 3.99. The van der Waals surface area contributed by atoms with Crippen molar-refractivity contribution in [3.63, 3.8) is 0 Å². The van der Waals surface area contributed by atoms with Crippen molar-refractivity contribution in [1.82, 2.24) is 9.97 Å². The molecule has 0 N–H and O–H groups in total. The molecular weight excluding hydrogens is 286 g/mol. The van der Waals surface area contributed by atoms with E-state index in [4.69, 9.17) is 21.3 Å². The van der Waals surface area contributed by atoms with Crippen molar-refractivity contribution in [3.05, 3.63) is 40.8 Å². The van der Waals surface area contributed by atoms with E-state index in [0.29, 0.717) is 11.8 Å². The van der Waals surface area contributed by atoms with E-state index in [1.807, 2.05) is 32.0 Å². The molecule has 0 fully saturated rings. The number of aryl methyl sites for hydroxylation is 1. The van der Waals surface area contributed by atoms with Crippen molar-refractivity contribution in [2.75, 3.05) is 18.1 Å². The average Bonchev–Trinajstić information content (AvgIpc) is 2.72. The van der Waals surface area contributed by atoms with Crippen molar-refractivity contribution < 1.29 is 4.74 Å². The van der Waals surface area contributed by atoms with Gasteiger partial charge in [0, 0.05) is 18.5 Å². The van der Waals surface area contributed by atoms with Crippen LogP contribution in [0.15, 0.2) is 24.3 Å². The topological polar surface area (TPSA) is 38.2 Å². The Labute approximate surface area is 129 Å². The molecule has 4 nitrogen and oxygen atoms in total. The van der Waals surface area contributed by atoms with E-state index in [0.717, 1.165) is 48.0 Å². The van der Waals surface area contributed by atoms with Crippen molar-refractivity contribution in [2.45, 2.75) is 26.7 Å². The van der Waals surface area contributed by atoms with E-state index in [2.05, 4.69) is 16.0 Å². The van der Waals surface area contributed by atoms with E-state index in [-0.39, 0.29) is 0 Å². The number of hydrogen-bond donors (Lipinski definition) is 0. The molecule has 0 aliphatic carbocycles. The van der Waals surface area contributed by atoms with Gasteiger partial charge in [0.05, 0.1) is 12.3 Å². The van der Waals surface area contributed by atoms with Crippen LogP contribution in [0.1, 0.15) is 24.7 Å². The van der Waals surface area contributed by atoms with Gasteiger partial charge in [0.2, 0.25) is 0 Å². The lowest BCUT2D eigenvalue weighted by atomic mass is 10.2. The second-order valence-electron chi connectivity index (χ2n) is 5.05. The minimum absolute atomic E-state index is 0.527. The maximum absolute atomic E-state index is 6.28. The number of halogens is 1. The lowest BCUT2D eigenvalue weighted by Crippen LogP contribution is -2.21. The average molecular weight is 304 g/mol. The van der Waals surface area contributed by atoms with Crippen molar-refractivity contribution >= 4 is 23.1 Å². The first-order chi connectivity index (χ1) is 10.2. The molecule has 0 radical (unpaired) electrons. The summed E-state index contributed by atoms with van der Waals surface area (Å²) < 4.78 is 5.81. The first-order valence-electron chi connectivity index (χ1n) is 7.23. The molecule has 2 heterocycles. The molecule has 2 aromatic rings. The Hall–Kier alpha value is -1.81. The Kier molecular flexibility index (Phi) is 3.97. The minimum Gasteiger partial charge on any atom is -0.491 e. The van der Waals surface area contributed by atoms with E-state index in [1.54, 1.807) is 0 Å². The molecule has 3 rings (SSSR count). The van der Waals surface area contributed by atoms with Crippen molar-refractivity contribution in [2.24, 2.45) is 0 Å². The quantitative estimate of drug-likeness (QED) is 0.788. The van der Waals surface area contributed by atoms with Gasteiger partial charge in [0.25, 0.3) is 0 Å². The molecule has 5 heteroatoms. The van der Waals surface area contributed by atoms with Crippen LogP contribution in [0, 0.1) is 6.92 Å². The summed E-state index contributed by atoms with van der Waals surface area (Å²) in [5.41, 5.74) is 1.94. The predicted octanol–water partition coefficient (Wildman–Crippen LogP) is 3.92. The number of fused-ring (bicyclic) bond motifs is 1. The smallest absolute Gasteiger partial charge is 0.142 e. The van der Waals surface area contributed by atoms with Gasteiger partial charge in [0.15, 0.2) is 0 Å². The number of aromatic nitrogens is 2. The highest BCUT2D eigenvalue weighted by atomic mass is 35.5. The van der Waals surface area contributed by atoms with Gasteiger partial charge in [-0.1, -0.05) is 30.7 Å². The van der Waals surface area contributed by atoms with Crippen LogP contribution in [0.25, 0.3) is 0 Å². The molecule has 0 unspecified atom stereocenters. The zero-order valence-corrected chi connectivity index (χ0v) is 13.0.